The third-order valence-corrected chi connectivity index (χ3v) is 2.94. The summed E-state index contributed by atoms with van der Waals surface area (Å²) in [4.78, 5) is 17.8. The van der Waals surface area contributed by atoms with Gasteiger partial charge in [-0.25, -0.2) is 4.79 Å². The summed E-state index contributed by atoms with van der Waals surface area (Å²) in [5.74, 6) is 0. The number of aromatic nitrogens is 1. The normalized spacial score (nSPS) is 20.2. The van der Waals surface area contributed by atoms with Gasteiger partial charge in [0.1, 0.15) is 5.60 Å². The number of nitrogens with zero attached hydrogens (tertiary/aromatic N) is 2. The Kier molecular flexibility index (Phi) is 4.04. The molecule has 0 saturated carbocycles. The van der Waals surface area contributed by atoms with E-state index in [1.54, 1.807) is 17.3 Å². The van der Waals surface area contributed by atoms with Gasteiger partial charge in [-0.3, -0.25) is 4.98 Å². The van der Waals surface area contributed by atoms with E-state index in [0.717, 1.165) is 12.1 Å². The Hall–Kier alpha value is -1.62. The van der Waals surface area contributed by atoms with E-state index in [9.17, 15) is 4.79 Å². The number of hydrogen-bond acceptors (Lipinski definition) is 4. The molecule has 1 aliphatic rings. The Balaban J connectivity index is 2.00. The Morgan fingerprint density at radius 3 is 2.74 bits per heavy atom. The molecule has 1 aromatic heterocycles. The standard InChI is InChI=1S/C14H21N3O2/c1-14(2,3)19-13(18)17-9-8-16-12(10-17)11-4-6-15-7-5-11/h4-7,12,16H,8-10H2,1-3H3. The molecule has 2 rings (SSSR count). The zero-order valence-electron chi connectivity index (χ0n) is 11.7. The highest BCUT2D eigenvalue weighted by Gasteiger charge is 2.27. The molecule has 1 aromatic rings. The maximum Gasteiger partial charge on any atom is 0.410 e. The maximum absolute atomic E-state index is 12.1. The van der Waals surface area contributed by atoms with Gasteiger partial charge in [0.25, 0.3) is 0 Å². The first-order valence-electron chi connectivity index (χ1n) is 6.57. The van der Waals surface area contributed by atoms with Gasteiger partial charge in [-0.15, -0.1) is 0 Å². The summed E-state index contributed by atoms with van der Waals surface area (Å²) in [6, 6.07) is 4.08. The SMILES string of the molecule is CC(C)(C)OC(=O)N1CCNC(c2ccncc2)C1. The Morgan fingerprint density at radius 2 is 2.11 bits per heavy atom. The molecule has 0 aromatic carbocycles. The molecule has 2 heterocycles. The van der Waals surface area contributed by atoms with Gasteiger partial charge >= 0.3 is 6.09 Å². The van der Waals surface area contributed by atoms with Crippen molar-refractivity contribution in [2.75, 3.05) is 19.6 Å². The summed E-state index contributed by atoms with van der Waals surface area (Å²) < 4.78 is 5.41. The van der Waals surface area contributed by atoms with Crippen LogP contribution in [0.5, 0.6) is 0 Å². The van der Waals surface area contributed by atoms with Gasteiger partial charge in [0, 0.05) is 32.0 Å². The minimum Gasteiger partial charge on any atom is -0.444 e. The predicted molar refractivity (Wildman–Crippen MR) is 72.8 cm³/mol. The highest BCUT2D eigenvalue weighted by atomic mass is 16.6. The summed E-state index contributed by atoms with van der Waals surface area (Å²) in [6.45, 7) is 7.72. The van der Waals surface area contributed by atoms with E-state index in [-0.39, 0.29) is 12.1 Å². The average Bonchev–Trinajstić information content (AvgIpc) is 2.38. The van der Waals surface area contributed by atoms with Crippen LogP contribution in [0.25, 0.3) is 0 Å². The monoisotopic (exact) mass is 263 g/mol. The second-order valence-corrected chi connectivity index (χ2v) is 5.71. The quantitative estimate of drug-likeness (QED) is 0.841. The number of amides is 1. The fourth-order valence-electron chi connectivity index (χ4n) is 2.06. The number of nitrogens with one attached hydrogen (secondary N) is 1. The van der Waals surface area contributed by atoms with E-state index in [1.807, 2.05) is 32.9 Å². The molecular weight excluding hydrogens is 242 g/mol. The van der Waals surface area contributed by atoms with Crippen LogP contribution in [-0.2, 0) is 4.74 Å². The van der Waals surface area contributed by atoms with E-state index in [4.69, 9.17) is 4.74 Å². The topological polar surface area (TPSA) is 54.5 Å². The van der Waals surface area contributed by atoms with E-state index in [0.29, 0.717) is 13.1 Å². The van der Waals surface area contributed by atoms with Crippen molar-refractivity contribution in [2.24, 2.45) is 0 Å². The van der Waals surface area contributed by atoms with Crippen LogP contribution in [0.1, 0.15) is 32.4 Å². The van der Waals surface area contributed by atoms with E-state index in [2.05, 4.69) is 10.3 Å². The van der Waals surface area contributed by atoms with Crippen molar-refractivity contribution in [1.29, 1.82) is 0 Å². The molecule has 0 aliphatic carbocycles. The van der Waals surface area contributed by atoms with Crippen LogP contribution in [0.2, 0.25) is 0 Å². The zero-order chi connectivity index (χ0) is 13.9. The fraction of sp³-hybridized carbons (Fsp3) is 0.571. The largest absolute Gasteiger partial charge is 0.444 e. The van der Waals surface area contributed by atoms with Crippen molar-refractivity contribution in [3.8, 4) is 0 Å². The highest BCUT2D eigenvalue weighted by molar-refractivity contribution is 5.68. The summed E-state index contributed by atoms with van der Waals surface area (Å²) in [7, 11) is 0. The van der Waals surface area contributed by atoms with E-state index in [1.165, 1.54) is 0 Å². The lowest BCUT2D eigenvalue weighted by atomic mass is 10.1. The highest BCUT2D eigenvalue weighted by Crippen LogP contribution is 2.18. The minimum absolute atomic E-state index is 0.143. The third kappa shape index (κ3) is 3.92. The number of rotatable bonds is 1. The molecular formula is C14H21N3O2. The van der Waals surface area contributed by atoms with Crippen LogP contribution < -0.4 is 5.32 Å². The number of pyridine rings is 1. The Morgan fingerprint density at radius 1 is 1.42 bits per heavy atom. The second-order valence-electron chi connectivity index (χ2n) is 5.71. The smallest absolute Gasteiger partial charge is 0.410 e. The molecule has 1 amide bonds. The summed E-state index contributed by atoms with van der Waals surface area (Å²) >= 11 is 0. The van der Waals surface area contributed by atoms with Gasteiger partial charge in [-0.1, -0.05) is 0 Å². The third-order valence-electron chi connectivity index (χ3n) is 2.94. The lowest BCUT2D eigenvalue weighted by Gasteiger charge is -2.35. The molecule has 1 fully saturated rings. The molecule has 1 atom stereocenters. The molecule has 0 radical (unpaired) electrons. The van der Waals surface area contributed by atoms with Crippen molar-refractivity contribution in [3.63, 3.8) is 0 Å². The van der Waals surface area contributed by atoms with Gasteiger partial charge in [0.2, 0.25) is 0 Å². The van der Waals surface area contributed by atoms with Crippen molar-refractivity contribution >= 4 is 6.09 Å². The molecule has 19 heavy (non-hydrogen) atoms. The van der Waals surface area contributed by atoms with Crippen LogP contribution in [-0.4, -0.2) is 41.2 Å². The van der Waals surface area contributed by atoms with Crippen molar-refractivity contribution < 1.29 is 9.53 Å². The number of carbonyl (C=O) groups excluding carboxylic acids is 1. The molecule has 1 unspecified atom stereocenters. The van der Waals surface area contributed by atoms with Crippen molar-refractivity contribution in [3.05, 3.63) is 30.1 Å². The van der Waals surface area contributed by atoms with Gasteiger partial charge < -0.3 is 15.0 Å². The van der Waals surface area contributed by atoms with Crippen LogP contribution in [0.3, 0.4) is 0 Å². The van der Waals surface area contributed by atoms with Gasteiger partial charge in [0.05, 0.1) is 6.04 Å². The van der Waals surface area contributed by atoms with Crippen LogP contribution >= 0.6 is 0 Å². The van der Waals surface area contributed by atoms with Crippen LogP contribution in [0.15, 0.2) is 24.5 Å². The van der Waals surface area contributed by atoms with Gasteiger partial charge in [-0.05, 0) is 38.5 Å². The lowest BCUT2D eigenvalue weighted by Crippen LogP contribution is -2.49. The minimum atomic E-state index is -0.450. The molecule has 104 valence electrons. The van der Waals surface area contributed by atoms with Crippen LogP contribution in [0, 0.1) is 0 Å². The average molecular weight is 263 g/mol. The summed E-state index contributed by atoms with van der Waals surface area (Å²) in [6.07, 6.45) is 3.29. The number of piperazine rings is 1. The van der Waals surface area contributed by atoms with Crippen molar-refractivity contribution in [2.45, 2.75) is 32.4 Å². The molecule has 1 aliphatic heterocycles. The molecule has 1 saturated heterocycles. The summed E-state index contributed by atoms with van der Waals surface area (Å²) in [5, 5.41) is 3.41. The number of ether oxygens (including phenoxy) is 1. The molecule has 1 N–H and O–H groups in total. The summed E-state index contributed by atoms with van der Waals surface area (Å²) in [5.41, 5.74) is 0.692. The number of hydrogen-bond donors (Lipinski definition) is 1. The second kappa shape index (κ2) is 5.57. The van der Waals surface area contributed by atoms with Gasteiger partial charge in [-0.2, -0.15) is 0 Å². The number of carbonyl (C=O) groups is 1. The molecule has 5 nitrogen and oxygen atoms in total. The lowest BCUT2D eigenvalue weighted by molar-refractivity contribution is 0.0195. The Bertz CT molecular complexity index is 428. The Labute approximate surface area is 114 Å². The fourth-order valence-corrected chi connectivity index (χ4v) is 2.06. The van der Waals surface area contributed by atoms with E-state index >= 15 is 0 Å². The van der Waals surface area contributed by atoms with Crippen LogP contribution in [0.4, 0.5) is 4.79 Å². The maximum atomic E-state index is 12.1. The first-order valence-corrected chi connectivity index (χ1v) is 6.57. The first kappa shape index (κ1) is 13.8. The molecule has 0 bridgehead atoms. The molecule has 0 spiro atoms. The van der Waals surface area contributed by atoms with Gasteiger partial charge in [0.15, 0.2) is 0 Å². The van der Waals surface area contributed by atoms with Crippen molar-refractivity contribution in [1.82, 2.24) is 15.2 Å². The zero-order valence-corrected chi connectivity index (χ0v) is 11.7. The van der Waals surface area contributed by atoms with E-state index < -0.39 is 5.60 Å². The first-order chi connectivity index (χ1) is 8.96. The predicted octanol–water partition coefficient (Wildman–Crippen LogP) is 1.96. The molecule has 5 heteroatoms.